The van der Waals surface area contributed by atoms with Crippen LogP contribution < -0.4 is 5.73 Å². The minimum absolute atomic E-state index is 0.00308. The first-order valence-electron chi connectivity index (χ1n) is 11.9. The van der Waals surface area contributed by atoms with Crippen LogP contribution in [-0.2, 0) is 16.2 Å². The Morgan fingerprint density at radius 3 is 2.61 bits per heavy atom. The lowest BCUT2D eigenvalue weighted by atomic mass is 9.80. The van der Waals surface area contributed by atoms with Gasteiger partial charge in [0.2, 0.25) is 0 Å². The van der Waals surface area contributed by atoms with E-state index in [-0.39, 0.29) is 41.2 Å². The normalized spacial score (nSPS) is 22.5. The third kappa shape index (κ3) is 5.82. The van der Waals surface area contributed by atoms with Gasteiger partial charge >= 0.3 is 0 Å². The molecule has 1 fully saturated rings. The van der Waals surface area contributed by atoms with E-state index in [9.17, 15) is 19.1 Å². The summed E-state index contributed by atoms with van der Waals surface area (Å²) in [5, 5.41) is 14.2. The number of rotatable bonds is 7. The molecule has 1 aromatic heterocycles. The predicted octanol–water partition coefficient (Wildman–Crippen LogP) is 3.14. The molecule has 0 spiro atoms. The molecular formula is C25H29ClFN5O4. The topological polar surface area (TPSA) is 131 Å². The van der Waals surface area contributed by atoms with Crippen molar-refractivity contribution in [3.63, 3.8) is 0 Å². The highest BCUT2D eigenvalue weighted by Crippen LogP contribution is 2.35. The van der Waals surface area contributed by atoms with Crippen LogP contribution in [0.4, 0.5) is 4.39 Å². The molecule has 1 aliphatic carbocycles. The second-order valence-corrected chi connectivity index (χ2v) is 9.80. The van der Waals surface area contributed by atoms with E-state index >= 15 is 0 Å². The van der Waals surface area contributed by atoms with Crippen LogP contribution in [0.3, 0.4) is 0 Å². The molecule has 0 radical (unpaired) electrons. The third-order valence-electron chi connectivity index (χ3n) is 6.76. The van der Waals surface area contributed by atoms with Crippen LogP contribution in [0, 0.1) is 18.7 Å². The highest BCUT2D eigenvalue weighted by Gasteiger charge is 2.37. The lowest BCUT2D eigenvalue weighted by molar-refractivity contribution is -0.143. The molecule has 192 valence electrons. The van der Waals surface area contributed by atoms with Gasteiger partial charge in [-0.05, 0) is 69.2 Å². The number of nitrogens with two attached hydrogens (primary N) is 1. The van der Waals surface area contributed by atoms with Crippen molar-refractivity contribution < 1.29 is 23.9 Å². The number of amides is 2. The van der Waals surface area contributed by atoms with Crippen LogP contribution in [0.5, 0.6) is 0 Å². The van der Waals surface area contributed by atoms with E-state index < -0.39 is 17.8 Å². The van der Waals surface area contributed by atoms with Crippen LogP contribution in [0.15, 0.2) is 29.4 Å². The molecule has 0 bridgehead atoms. The molecule has 0 unspecified atom stereocenters. The van der Waals surface area contributed by atoms with Crippen molar-refractivity contribution in [3.8, 4) is 0 Å². The largest absolute Gasteiger partial charge is 0.391 e. The van der Waals surface area contributed by atoms with Gasteiger partial charge in [-0.1, -0.05) is 22.8 Å². The molecule has 3 N–H and O–H groups in total. The maximum absolute atomic E-state index is 13.6. The number of aliphatic hydroxyl groups excluding tert-OH is 1. The molecule has 1 aliphatic heterocycles. The molecule has 11 heteroatoms. The Hall–Kier alpha value is -3.11. The van der Waals surface area contributed by atoms with Crippen molar-refractivity contribution in [1.82, 2.24) is 14.9 Å². The molecular weight excluding hydrogens is 489 g/mol. The Kier molecular flexibility index (Phi) is 7.85. The van der Waals surface area contributed by atoms with Crippen LogP contribution in [0.1, 0.15) is 66.6 Å². The average Bonchev–Trinajstić information content (AvgIpc) is 3.34. The predicted molar refractivity (Wildman–Crippen MR) is 131 cm³/mol. The van der Waals surface area contributed by atoms with Gasteiger partial charge in [0, 0.05) is 19.0 Å². The number of carbonyl (C=O) groups excluding carboxylic acids is 2. The summed E-state index contributed by atoms with van der Waals surface area (Å²) in [6, 6.07) is 5.84. The Morgan fingerprint density at radius 2 is 1.97 bits per heavy atom. The fourth-order valence-electron chi connectivity index (χ4n) is 4.89. The van der Waals surface area contributed by atoms with E-state index in [4.69, 9.17) is 22.2 Å². The molecule has 1 aromatic carbocycles. The van der Waals surface area contributed by atoms with E-state index in [2.05, 4.69) is 15.1 Å². The van der Waals surface area contributed by atoms with E-state index in [0.29, 0.717) is 29.2 Å². The number of aliphatic hydroxyl groups is 1. The Bertz CT molecular complexity index is 1180. The highest BCUT2D eigenvalue weighted by molar-refractivity contribution is 6.30. The molecule has 2 atom stereocenters. The smallest absolute Gasteiger partial charge is 0.267 e. The Balaban J connectivity index is 1.39. The van der Waals surface area contributed by atoms with Gasteiger partial charge in [0.15, 0.2) is 0 Å². The van der Waals surface area contributed by atoms with Crippen molar-refractivity contribution in [3.05, 3.63) is 57.9 Å². The number of nitrogens with zero attached hydrogens (tertiary/aromatic N) is 4. The third-order valence-corrected chi connectivity index (χ3v) is 7.05. The lowest BCUT2D eigenvalue weighted by Gasteiger charge is -2.38. The van der Waals surface area contributed by atoms with Crippen molar-refractivity contribution in [2.75, 3.05) is 0 Å². The fraction of sp³-hybridized carbons (Fsp3) is 0.480. The first kappa shape index (κ1) is 26.0. The van der Waals surface area contributed by atoms with Crippen LogP contribution in [-0.4, -0.2) is 55.8 Å². The first-order chi connectivity index (χ1) is 17.1. The van der Waals surface area contributed by atoms with Crippen molar-refractivity contribution in [1.29, 1.82) is 0 Å². The summed E-state index contributed by atoms with van der Waals surface area (Å²) in [4.78, 5) is 40.2. The zero-order valence-electron chi connectivity index (χ0n) is 20.2. The minimum Gasteiger partial charge on any atom is -0.391 e. The second kappa shape index (κ2) is 10.9. The summed E-state index contributed by atoms with van der Waals surface area (Å²) in [6.07, 6.45) is 2.34. The summed E-state index contributed by atoms with van der Waals surface area (Å²) in [6.45, 7) is 3.37. The lowest BCUT2D eigenvalue weighted by Crippen LogP contribution is -2.46. The van der Waals surface area contributed by atoms with Gasteiger partial charge in [-0.15, -0.1) is 0 Å². The number of halogens is 2. The standard InChI is InChI=1S/C25H29ClFN5O4/c1-13(33)25(35)32(12-15-3-8-19(27)18(26)9-15)17-6-4-16(5-7-17)23-11-21(31-36-23)20-10-22(24(28)34)30-14(2)29-20/h3,8-10,13,16-17,23,33H,4-7,11-12H2,1-2H3,(H2,28,34)/t13-,16?,17?,23+/m0/s1. The Labute approximate surface area is 213 Å². The molecule has 2 aliphatic rings. The molecule has 2 aromatic rings. The zero-order chi connectivity index (χ0) is 26.0. The molecule has 2 heterocycles. The zero-order valence-corrected chi connectivity index (χ0v) is 20.9. The number of benzene rings is 1. The van der Waals surface area contributed by atoms with Crippen LogP contribution in [0.25, 0.3) is 0 Å². The van der Waals surface area contributed by atoms with Gasteiger partial charge in [-0.25, -0.2) is 14.4 Å². The average molecular weight is 518 g/mol. The minimum atomic E-state index is -1.14. The number of aromatic nitrogens is 2. The molecule has 1 saturated carbocycles. The van der Waals surface area contributed by atoms with Crippen LogP contribution >= 0.6 is 11.6 Å². The number of aryl methyl sites for hydroxylation is 1. The fourth-order valence-corrected chi connectivity index (χ4v) is 5.09. The molecule has 9 nitrogen and oxygen atoms in total. The van der Waals surface area contributed by atoms with Crippen molar-refractivity contribution >= 4 is 29.1 Å². The van der Waals surface area contributed by atoms with Gasteiger partial charge in [-0.3, -0.25) is 9.59 Å². The first-order valence-corrected chi connectivity index (χ1v) is 12.3. The van der Waals surface area contributed by atoms with Gasteiger partial charge in [0.1, 0.15) is 35.3 Å². The highest BCUT2D eigenvalue weighted by atomic mass is 35.5. The second-order valence-electron chi connectivity index (χ2n) is 9.40. The van der Waals surface area contributed by atoms with E-state index in [1.807, 2.05) is 0 Å². The maximum Gasteiger partial charge on any atom is 0.267 e. The van der Waals surface area contributed by atoms with Gasteiger partial charge in [0.05, 0.1) is 10.7 Å². The van der Waals surface area contributed by atoms with Gasteiger partial charge < -0.3 is 20.6 Å². The maximum atomic E-state index is 13.6. The van der Waals surface area contributed by atoms with E-state index in [1.54, 1.807) is 17.9 Å². The number of primary amides is 1. The molecule has 36 heavy (non-hydrogen) atoms. The molecule has 4 rings (SSSR count). The van der Waals surface area contributed by atoms with E-state index in [0.717, 1.165) is 25.7 Å². The summed E-state index contributed by atoms with van der Waals surface area (Å²) in [5.41, 5.74) is 7.37. The molecule has 2 amide bonds. The van der Waals surface area contributed by atoms with Crippen molar-refractivity contribution in [2.24, 2.45) is 16.8 Å². The molecule has 0 saturated heterocycles. The summed E-state index contributed by atoms with van der Waals surface area (Å²) in [5.74, 6) is -0.861. The number of hydrogen-bond donors (Lipinski definition) is 2. The number of carbonyl (C=O) groups is 2. The monoisotopic (exact) mass is 517 g/mol. The summed E-state index contributed by atoms with van der Waals surface area (Å²) >= 11 is 5.92. The summed E-state index contributed by atoms with van der Waals surface area (Å²) < 4.78 is 13.6. The van der Waals surface area contributed by atoms with E-state index in [1.165, 1.54) is 25.1 Å². The van der Waals surface area contributed by atoms with Crippen molar-refractivity contribution in [2.45, 2.75) is 70.7 Å². The van der Waals surface area contributed by atoms with Gasteiger partial charge in [0.25, 0.3) is 11.8 Å². The summed E-state index contributed by atoms with van der Waals surface area (Å²) in [7, 11) is 0. The van der Waals surface area contributed by atoms with Gasteiger partial charge in [-0.2, -0.15) is 0 Å². The number of hydrogen-bond acceptors (Lipinski definition) is 7. The quantitative estimate of drug-likeness (QED) is 0.580. The SMILES string of the molecule is Cc1nc(C(N)=O)cc(C2=NO[C@@H](C3CCC(N(Cc4ccc(F)c(Cl)c4)C(=O)[C@H](C)O)CC3)C2)n1. The Morgan fingerprint density at radius 1 is 1.25 bits per heavy atom. The van der Waals surface area contributed by atoms with Crippen LogP contribution in [0.2, 0.25) is 5.02 Å². The number of oxime groups is 1.